The maximum absolute atomic E-state index is 4.82. The molecule has 4 heteroatoms. The second kappa shape index (κ2) is 6.03. The van der Waals surface area contributed by atoms with Crippen LogP contribution in [0.25, 0.3) is 10.9 Å². The van der Waals surface area contributed by atoms with E-state index in [1.807, 2.05) is 18.7 Å². The van der Waals surface area contributed by atoms with E-state index in [0.717, 1.165) is 30.8 Å². The van der Waals surface area contributed by atoms with Crippen molar-refractivity contribution in [1.29, 1.82) is 0 Å². The Morgan fingerprint density at radius 1 is 1.17 bits per heavy atom. The molecule has 1 aliphatic carbocycles. The third-order valence-electron chi connectivity index (χ3n) is 4.69. The van der Waals surface area contributed by atoms with Crippen LogP contribution in [0.5, 0.6) is 0 Å². The fourth-order valence-corrected chi connectivity index (χ4v) is 3.45. The first-order valence-electron chi connectivity index (χ1n) is 8.42. The highest BCUT2D eigenvalue weighted by atomic mass is 15.0. The summed E-state index contributed by atoms with van der Waals surface area (Å²) < 4.78 is 2.10. The number of nitrogens with one attached hydrogen (secondary N) is 1. The molecule has 23 heavy (non-hydrogen) atoms. The predicted octanol–water partition coefficient (Wildman–Crippen LogP) is 3.73. The number of rotatable bonds is 5. The summed E-state index contributed by atoms with van der Waals surface area (Å²) in [5.41, 5.74) is 5.44. The van der Waals surface area contributed by atoms with E-state index in [1.165, 1.54) is 41.3 Å². The maximum Gasteiger partial charge on any atom is 0.126 e. The van der Waals surface area contributed by atoms with Gasteiger partial charge in [-0.2, -0.15) is 0 Å². The summed E-state index contributed by atoms with van der Waals surface area (Å²) >= 11 is 0. The molecule has 4 nitrogen and oxygen atoms in total. The quantitative estimate of drug-likeness (QED) is 0.730. The lowest BCUT2D eigenvalue weighted by molar-refractivity contribution is 0.660. The van der Waals surface area contributed by atoms with Crippen molar-refractivity contribution in [2.45, 2.75) is 39.2 Å². The van der Waals surface area contributed by atoms with Crippen molar-refractivity contribution in [3.05, 3.63) is 53.6 Å². The number of pyridine rings is 1. The molecule has 0 bridgehead atoms. The van der Waals surface area contributed by atoms with Gasteiger partial charge >= 0.3 is 0 Å². The average Bonchev–Trinajstić information content (AvgIpc) is 3.21. The Morgan fingerprint density at radius 3 is 2.87 bits per heavy atom. The number of imidazole rings is 1. The van der Waals surface area contributed by atoms with Crippen LogP contribution in [-0.4, -0.2) is 21.1 Å². The summed E-state index contributed by atoms with van der Waals surface area (Å²) in [6, 6.07) is 6.81. The van der Waals surface area contributed by atoms with Crippen molar-refractivity contribution in [2.75, 3.05) is 11.9 Å². The van der Waals surface area contributed by atoms with Gasteiger partial charge in [0.15, 0.2) is 0 Å². The summed E-state index contributed by atoms with van der Waals surface area (Å²) in [5.74, 6) is 0.985. The molecule has 1 aliphatic rings. The van der Waals surface area contributed by atoms with Gasteiger partial charge in [-0.05, 0) is 67.5 Å². The lowest BCUT2D eigenvalue weighted by Crippen LogP contribution is -2.07. The van der Waals surface area contributed by atoms with E-state index >= 15 is 0 Å². The van der Waals surface area contributed by atoms with Crippen LogP contribution in [0.4, 0.5) is 5.82 Å². The van der Waals surface area contributed by atoms with Crippen molar-refractivity contribution in [3.63, 3.8) is 0 Å². The van der Waals surface area contributed by atoms with Crippen LogP contribution >= 0.6 is 0 Å². The summed E-state index contributed by atoms with van der Waals surface area (Å²) in [7, 11) is 0. The second-order valence-electron chi connectivity index (χ2n) is 6.40. The number of aryl methyl sites for hydroxylation is 4. The van der Waals surface area contributed by atoms with Crippen LogP contribution in [0.3, 0.4) is 0 Å². The molecule has 4 rings (SSSR count). The lowest BCUT2D eigenvalue weighted by atomic mass is 10.0. The topological polar surface area (TPSA) is 42.7 Å². The minimum Gasteiger partial charge on any atom is -0.370 e. The average molecular weight is 306 g/mol. The van der Waals surface area contributed by atoms with E-state index in [2.05, 4.69) is 40.0 Å². The Morgan fingerprint density at radius 2 is 2.04 bits per heavy atom. The van der Waals surface area contributed by atoms with Crippen molar-refractivity contribution in [2.24, 2.45) is 0 Å². The highest BCUT2D eigenvalue weighted by Gasteiger charge is 2.13. The first-order chi connectivity index (χ1) is 11.3. The highest BCUT2D eigenvalue weighted by molar-refractivity contribution is 5.85. The molecule has 0 aliphatic heterocycles. The van der Waals surface area contributed by atoms with E-state index in [9.17, 15) is 0 Å². The SMILES string of the molecule is Cc1cc(NCCCn2ccnc2)nc2cc3c(cc12)CCC3. The first-order valence-corrected chi connectivity index (χ1v) is 8.42. The zero-order valence-corrected chi connectivity index (χ0v) is 13.5. The molecular weight excluding hydrogens is 284 g/mol. The first kappa shape index (κ1) is 14.2. The Balaban J connectivity index is 1.48. The van der Waals surface area contributed by atoms with Crippen molar-refractivity contribution >= 4 is 16.7 Å². The molecule has 0 spiro atoms. The largest absolute Gasteiger partial charge is 0.370 e. The molecular formula is C19H22N4. The van der Waals surface area contributed by atoms with Gasteiger partial charge in [-0.1, -0.05) is 0 Å². The Hall–Kier alpha value is -2.36. The van der Waals surface area contributed by atoms with E-state index in [1.54, 1.807) is 0 Å². The van der Waals surface area contributed by atoms with Crippen LogP contribution in [0.1, 0.15) is 29.5 Å². The number of aromatic nitrogens is 3. The van der Waals surface area contributed by atoms with Crippen LogP contribution in [0.15, 0.2) is 36.9 Å². The molecule has 0 radical (unpaired) electrons. The zero-order chi connectivity index (χ0) is 15.6. The van der Waals surface area contributed by atoms with E-state index in [4.69, 9.17) is 4.98 Å². The number of hydrogen-bond acceptors (Lipinski definition) is 3. The van der Waals surface area contributed by atoms with E-state index in [-0.39, 0.29) is 0 Å². The third kappa shape index (κ3) is 2.93. The summed E-state index contributed by atoms with van der Waals surface area (Å²) in [6.07, 6.45) is 10.4. The molecule has 118 valence electrons. The summed E-state index contributed by atoms with van der Waals surface area (Å²) in [4.78, 5) is 8.88. The van der Waals surface area contributed by atoms with Crippen molar-refractivity contribution in [1.82, 2.24) is 14.5 Å². The third-order valence-corrected chi connectivity index (χ3v) is 4.69. The second-order valence-corrected chi connectivity index (χ2v) is 6.40. The molecule has 0 fully saturated rings. The molecule has 2 heterocycles. The molecule has 0 saturated heterocycles. The molecule has 1 N–H and O–H groups in total. The number of anilines is 1. The van der Waals surface area contributed by atoms with Crippen LogP contribution in [0.2, 0.25) is 0 Å². The van der Waals surface area contributed by atoms with Gasteiger partial charge in [-0.15, -0.1) is 0 Å². The Kier molecular flexibility index (Phi) is 3.74. The predicted molar refractivity (Wildman–Crippen MR) is 93.8 cm³/mol. The van der Waals surface area contributed by atoms with Crippen molar-refractivity contribution in [3.8, 4) is 0 Å². The fraction of sp³-hybridized carbons (Fsp3) is 0.368. The summed E-state index contributed by atoms with van der Waals surface area (Å²) in [6.45, 7) is 4.08. The van der Waals surface area contributed by atoms with Gasteiger partial charge in [0.1, 0.15) is 5.82 Å². The van der Waals surface area contributed by atoms with Gasteiger partial charge in [0.25, 0.3) is 0 Å². The van der Waals surface area contributed by atoms with Gasteiger partial charge in [0.05, 0.1) is 11.8 Å². The smallest absolute Gasteiger partial charge is 0.126 e. The van der Waals surface area contributed by atoms with E-state index < -0.39 is 0 Å². The molecule has 0 atom stereocenters. The number of nitrogens with zero attached hydrogens (tertiary/aromatic N) is 3. The molecule has 0 saturated carbocycles. The monoisotopic (exact) mass is 306 g/mol. The van der Waals surface area contributed by atoms with Gasteiger partial charge in [-0.25, -0.2) is 9.97 Å². The van der Waals surface area contributed by atoms with Gasteiger partial charge in [0.2, 0.25) is 0 Å². The number of hydrogen-bond donors (Lipinski definition) is 1. The normalized spacial score (nSPS) is 13.4. The minimum absolute atomic E-state index is 0.918. The fourth-order valence-electron chi connectivity index (χ4n) is 3.45. The van der Waals surface area contributed by atoms with Gasteiger partial charge in [0, 0.05) is 30.9 Å². The standard InChI is InChI=1S/C19H22N4/c1-14-10-19(21-6-3-8-23-9-7-20-13-23)22-18-12-16-5-2-4-15(16)11-17(14)18/h7,9-13H,2-6,8H2,1H3,(H,21,22). The highest BCUT2D eigenvalue weighted by Crippen LogP contribution is 2.29. The molecule has 3 aromatic rings. The van der Waals surface area contributed by atoms with Crippen LogP contribution < -0.4 is 5.32 Å². The molecule has 1 aromatic carbocycles. The molecule has 2 aromatic heterocycles. The van der Waals surface area contributed by atoms with Crippen LogP contribution in [0, 0.1) is 6.92 Å². The van der Waals surface area contributed by atoms with Gasteiger partial charge < -0.3 is 9.88 Å². The molecule has 0 amide bonds. The number of fused-ring (bicyclic) bond motifs is 2. The van der Waals surface area contributed by atoms with Crippen LogP contribution in [-0.2, 0) is 19.4 Å². The lowest BCUT2D eigenvalue weighted by Gasteiger charge is -2.11. The maximum atomic E-state index is 4.82. The summed E-state index contributed by atoms with van der Waals surface area (Å²) in [5, 5.41) is 4.76. The van der Waals surface area contributed by atoms with Crippen molar-refractivity contribution < 1.29 is 0 Å². The Labute approximate surface area is 136 Å². The number of benzene rings is 1. The Bertz CT molecular complexity index is 821. The zero-order valence-electron chi connectivity index (χ0n) is 13.5. The minimum atomic E-state index is 0.918. The van der Waals surface area contributed by atoms with Gasteiger partial charge in [-0.3, -0.25) is 0 Å². The van der Waals surface area contributed by atoms with E-state index in [0.29, 0.717) is 0 Å². The molecule has 0 unspecified atom stereocenters.